The molecule has 0 fully saturated rings. The van der Waals surface area contributed by atoms with E-state index in [1.54, 1.807) is 14.2 Å². The topological polar surface area (TPSA) is 50.7 Å². The van der Waals surface area contributed by atoms with Gasteiger partial charge in [0, 0.05) is 31.4 Å². The summed E-state index contributed by atoms with van der Waals surface area (Å²) in [5.41, 5.74) is 2.25. The van der Waals surface area contributed by atoms with Crippen LogP contribution in [0.4, 0.5) is 0 Å². The molecule has 0 bridgehead atoms. The lowest BCUT2D eigenvalue weighted by atomic mass is 9.98. The SMILES string of the molecule is COCc1cc(C(C)NC(CCO)C(C)C)ccc1OC. The van der Waals surface area contributed by atoms with E-state index in [1.165, 1.54) is 5.56 Å². The molecule has 0 saturated heterocycles. The molecule has 0 aliphatic heterocycles. The van der Waals surface area contributed by atoms with Crippen molar-refractivity contribution in [1.82, 2.24) is 5.32 Å². The normalized spacial score (nSPS) is 14.2. The van der Waals surface area contributed by atoms with E-state index >= 15 is 0 Å². The summed E-state index contributed by atoms with van der Waals surface area (Å²) in [4.78, 5) is 0. The first-order chi connectivity index (χ1) is 10.0. The first-order valence-corrected chi connectivity index (χ1v) is 7.56. The fourth-order valence-electron chi connectivity index (χ4n) is 2.50. The molecular formula is C17H29NO3. The van der Waals surface area contributed by atoms with Gasteiger partial charge in [0.2, 0.25) is 0 Å². The maximum atomic E-state index is 9.18. The molecule has 0 radical (unpaired) electrons. The van der Waals surface area contributed by atoms with Crippen molar-refractivity contribution in [2.75, 3.05) is 20.8 Å². The van der Waals surface area contributed by atoms with E-state index in [0.717, 1.165) is 17.7 Å². The molecule has 2 unspecified atom stereocenters. The van der Waals surface area contributed by atoms with Crippen molar-refractivity contribution in [3.05, 3.63) is 29.3 Å². The van der Waals surface area contributed by atoms with Gasteiger partial charge in [-0.25, -0.2) is 0 Å². The van der Waals surface area contributed by atoms with Gasteiger partial charge < -0.3 is 19.9 Å². The predicted molar refractivity (Wildman–Crippen MR) is 85.6 cm³/mol. The minimum absolute atomic E-state index is 0.208. The Morgan fingerprint density at radius 1 is 1.19 bits per heavy atom. The van der Waals surface area contributed by atoms with Gasteiger partial charge in [-0.1, -0.05) is 19.9 Å². The molecule has 2 atom stereocenters. The quantitative estimate of drug-likeness (QED) is 0.735. The van der Waals surface area contributed by atoms with Gasteiger partial charge in [0.05, 0.1) is 13.7 Å². The lowest BCUT2D eigenvalue weighted by molar-refractivity contribution is 0.181. The van der Waals surface area contributed by atoms with Gasteiger partial charge in [-0.2, -0.15) is 0 Å². The highest BCUT2D eigenvalue weighted by Gasteiger charge is 2.17. The van der Waals surface area contributed by atoms with E-state index < -0.39 is 0 Å². The van der Waals surface area contributed by atoms with Crippen LogP contribution in [-0.2, 0) is 11.3 Å². The van der Waals surface area contributed by atoms with Gasteiger partial charge in [-0.05, 0) is 37.0 Å². The molecule has 120 valence electrons. The summed E-state index contributed by atoms with van der Waals surface area (Å²) >= 11 is 0. The number of hydrogen-bond acceptors (Lipinski definition) is 4. The smallest absolute Gasteiger partial charge is 0.124 e. The van der Waals surface area contributed by atoms with Crippen molar-refractivity contribution in [2.24, 2.45) is 5.92 Å². The predicted octanol–water partition coefficient (Wildman–Crippen LogP) is 2.90. The zero-order valence-corrected chi connectivity index (χ0v) is 13.8. The first-order valence-electron chi connectivity index (χ1n) is 7.56. The van der Waals surface area contributed by atoms with Gasteiger partial charge in [-0.15, -0.1) is 0 Å². The van der Waals surface area contributed by atoms with E-state index in [0.29, 0.717) is 18.6 Å². The Balaban J connectivity index is 2.85. The Bertz CT molecular complexity index is 420. The maximum absolute atomic E-state index is 9.18. The van der Waals surface area contributed by atoms with Gasteiger partial charge >= 0.3 is 0 Å². The molecule has 1 rings (SSSR count). The monoisotopic (exact) mass is 295 g/mol. The van der Waals surface area contributed by atoms with E-state index in [1.807, 2.05) is 6.07 Å². The van der Waals surface area contributed by atoms with Crippen molar-refractivity contribution in [3.8, 4) is 5.75 Å². The largest absolute Gasteiger partial charge is 0.496 e. The summed E-state index contributed by atoms with van der Waals surface area (Å²) in [6.07, 6.45) is 0.767. The fourth-order valence-corrected chi connectivity index (χ4v) is 2.50. The van der Waals surface area contributed by atoms with Gasteiger partial charge in [0.1, 0.15) is 5.75 Å². The van der Waals surface area contributed by atoms with Crippen molar-refractivity contribution in [3.63, 3.8) is 0 Å². The minimum atomic E-state index is 0.208. The Hall–Kier alpha value is -1.10. The van der Waals surface area contributed by atoms with Crippen LogP contribution >= 0.6 is 0 Å². The second-order valence-electron chi connectivity index (χ2n) is 5.76. The summed E-state index contributed by atoms with van der Waals surface area (Å²) < 4.78 is 10.6. The minimum Gasteiger partial charge on any atom is -0.496 e. The van der Waals surface area contributed by atoms with Crippen LogP contribution in [0.3, 0.4) is 0 Å². The highest BCUT2D eigenvalue weighted by atomic mass is 16.5. The summed E-state index contributed by atoms with van der Waals surface area (Å²) in [6, 6.07) is 6.70. The second-order valence-corrected chi connectivity index (χ2v) is 5.76. The number of aliphatic hydroxyl groups is 1. The summed E-state index contributed by atoms with van der Waals surface area (Å²) in [6.45, 7) is 7.23. The van der Waals surface area contributed by atoms with Crippen molar-refractivity contribution in [1.29, 1.82) is 0 Å². The van der Waals surface area contributed by atoms with Crippen molar-refractivity contribution >= 4 is 0 Å². The van der Waals surface area contributed by atoms with Crippen LogP contribution in [0.25, 0.3) is 0 Å². The molecule has 4 nitrogen and oxygen atoms in total. The zero-order chi connectivity index (χ0) is 15.8. The summed E-state index contributed by atoms with van der Waals surface area (Å²) in [5, 5.41) is 12.8. The van der Waals surface area contributed by atoms with Crippen LogP contribution in [0.2, 0.25) is 0 Å². The highest BCUT2D eigenvalue weighted by molar-refractivity contribution is 5.38. The van der Waals surface area contributed by atoms with Crippen LogP contribution in [0.1, 0.15) is 44.4 Å². The number of ether oxygens (including phenoxy) is 2. The van der Waals surface area contributed by atoms with Gasteiger partial charge in [0.25, 0.3) is 0 Å². The van der Waals surface area contributed by atoms with E-state index in [2.05, 4.69) is 38.2 Å². The molecule has 0 saturated carbocycles. The second kappa shape index (κ2) is 9.03. The lowest BCUT2D eigenvalue weighted by Gasteiger charge is -2.26. The molecular weight excluding hydrogens is 266 g/mol. The highest BCUT2D eigenvalue weighted by Crippen LogP contribution is 2.25. The molecule has 21 heavy (non-hydrogen) atoms. The average molecular weight is 295 g/mol. The number of hydrogen-bond donors (Lipinski definition) is 2. The molecule has 0 heterocycles. The first kappa shape index (κ1) is 18.0. The van der Waals surface area contributed by atoms with Crippen LogP contribution in [0.15, 0.2) is 18.2 Å². The lowest BCUT2D eigenvalue weighted by Crippen LogP contribution is -2.36. The third-order valence-corrected chi connectivity index (χ3v) is 3.81. The standard InChI is InChI=1S/C17H29NO3/c1-12(2)16(8-9-19)18-13(3)14-6-7-17(21-5)15(10-14)11-20-4/h6-7,10,12-13,16,18-19H,8-9,11H2,1-5H3. The number of methoxy groups -OCH3 is 2. The maximum Gasteiger partial charge on any atom is 0.124 e. The molecule has 4 heteroatoms. The van der Waals surface area contributed by atoms with Gasteiger partial charge in [0.15, 0.2) is 0 Å². The molecule has 0 aliphatic rings. The van der Waals surface area contributed by atoms with Gasteiger partial charge in [-0.3, -0.25) is 0 Å². The third-order valence-electron chi connectivity index (χ3n) is 3.81. The van der Waals surface area contributed by atoms with Crippen LogP contribution in [-0.4, -0.2) is 32.0 Å². The van der Waals surface area contributed by atoms with Crippen molar-refractivity contribution < 1.29 is 14.6 Å². The fraction of sp³-hybridized carbons (Fsp3) is 0.647. The van der Waals surface area contributed by atoms with Crippen molar-refractivity contribution in [2.45, 2.75) is 45.9 Å². The van der Waals surface area contributed by atoms with Crippen LogP contribution in [0.5, 0.6) is 5.75 Å². The molecule has 1 aromatic rings. The summed E-state index contributed by atoms with van der Waals surface area (Å²) in [7, 11) is 3.36. The molecule has 0 amide bonds. The van der Waals surface area contributed by atoms with Crippen LogP contribution < -0.4 is 10.1 Å². The Labute approximate surface area is 128 Å². The van der Waals surface area contributed by atoms with E-state index in [4.69, 9.17) is 9.47 Å². The number of aliphatic hydroxyl groups excluding tert-OH is 1. The van der Waals surface area contributed by atoms with Crippen LogP contribution in [0, 0.1) is 5.92 Å². The zero-order valence-electron chi connectivity index (χ0n) is 13.8. The molecule has 0 spiro atoms. The Kier molecular flexibility index (Phi) is 7.72. The van der Waals surface area contributed by atoms with E-state index in [9.17, 15) is 5.11 Å². The number of rotatable bonds is 9. The molecule has 2 N–H and O–H groups in total. The number of nitrogens with one attached hydrogen (secondary N) is 1. The third kappa shape index (κ3) is 5.30. The Morgan fingerprint density at radius 2 is 1.90 bits per heavy atom. The molecule has 0 aliphatic carbocycles. The van der Waals surface area contributed by atoms with E-state index in [-0.39, 0.29) is 12.6 Å². The summed E-state index contributed by atoms with van der Waals surface area (Å²) in [5.74, 6) is 1.33. The molecule has 0 aromatic heterocycles. The Morgan fingerprint density at radius 3 is 2.43 bits per heavy atom. The molecule has 1 aromatic carbocycles. The number of benzene rings is 1. The average Bonchev–Trinajstić information content (AvgIpc) is 2.46.